The zero-order valence-corrected chi connectivity index (χ0v) is 11.2. The molecule has 0 saturated carbocycles. The Labute approximate surface area is 113 Å². The Morgan fingerprint density at radius 1 is 1.21 bits per heavy atom. The molecular weight excluding hydrogens is 240 g/mol. The third-order valence-corrected chi connectivity index (χ3v) is 3.06. The summed E-state index contributed by atoms with van der Waals surface area (Å²) in [6.07, 6.45) is 2.59. The minimum atomic E-state index is -0.0195. The smallest absolute Gasteiger partial charge is 0.0705 e. The minimum absolute atomic E-state index is 0.0195. The van der Waals surface area contributed by atoms with Crippen LogP contribution in [0.15, 0.2) is 36.5 Å². The Bertz CT molecular complexity index is 516. The van der Waals surface area contributed by atoms with Crippen molar-refractivity contribution in [2.75, 3.05) is 26.9 Å². The lowest BCUT2D eigenvalue weighted by Gasteiger charge is -2.12. The highest BCUT2D eigenvalue weighted by molar-refractivity contribution is 5.78. The first-order chi connectivity index (χ1) is 9.31. The molecular formula is C15H20N2O2. The maximum atomic E-state index is 6.16. The predicted molar refractivity (Wildman–Crippen MR) is 76.0 cm³/mol. The fourth-order valence-electron chi connectivity index (χ4n) is 1.94. The van der Waals surface area contributed by atoms with E-state index in [1.165, 1.54) is 0 Å². The Kier molecular flexibility index (Phi) is 5.27. The van der Waals surface area contributed by atoms with Gasteiger partial charge < -0.3 is 15.2 Å². The number of nitrogens with two attached hydrogens (primary N) is 1. The largest absolute Gasteiger partial charge is 0.382 e. The summed E-state index contributed by atoms with van der Waals surface area (Å²) < 4.78 is 10.4. The van der Waals surface area contributed by atoms with Crippen molar-refractivity contribution in [2.24, 2.45) is 5.73 Å². The zero-order chi connectivity index (χ0) is 13.5. The second kappa shape index (κ2) is 7.19. The van der Waals surface area contributed by atoms with Gasteiger partial charge in [0.05, 0.1) is 18.7 Å². The maximum Gasteiger partial charge on any atom is 0.0705 e. The van der Waals surface area contributed by atoms with E-state index in [0.29, 0.717) is 19.8 Å². The molecule has 1 unspecified atom stereocenters. The summed E-state index contributed by atoms with van der Waals surface area (Å²) >= 11 is 0. The maximum absolute atomic E-state index is 6.16. The fourth-order valence-corrected chi connectivity index (χ4v) is 1.94. The molecule has 1 aromatic carbocycles. The summed E-state index contributed by atoms with van der Waals surface area (Å²) in [7, 11) is 1.66. The number of rotatable bonds is 7. The van der Waals surface area contributed by atoms with Gasteiger partial charge in [-0.2, -0.15) is 0 Å². The summed E-state index contributed by atoms with van der Waals surface area (Å²) in [6, 6.07) is 10.1. The van der Waals surface area contributed by atoms with Crippen molar-refractivity contribution in [1.29, 1.82) is 0 Å². The molecule has 2 rings (SSSR count). The summed E-state index contributed by atoms with van der Waals surface area (Å²) in [5.41, 5.74) is 8.24. The van der Waals surface area contributed by atoms with Crippen molar-refractivity contribution >= 4 is 10.9 Å². The highest BCUT2D eigenvalue weighted by Crippen LogP contribution is 2.19. The Balaban J connectivity index is 1.91. The second-order valence-electron chi connectivity index (χ2n) is 4.46. The molecule has 0 aliphatic carbocycles. The molecule has 0 radical (unpaired) electrons. The normalized spacial score (nSPS) is 12.7. The van der Waals surface area contributed by atoms with Gasteiger partial charge in [-0.1, -0.05) is 18.2 Å². The third kappa shape index (κ3) is 3.99. The first kappa shape index (κ1) is 13.9. The highest BCUT2D eigenvalue weighted by atomic mass is 16.5. The zero-order valence-electron chi connectivity index (χ0n) is 11.2. The summed E-state index contributed by atoms with van der Waals surface area (Å²) in [4.78, 5) is 4.34. The number of pyridine rings is 1. The highest BCUT2D eigenvalue weighted by Gasteiger charge is 2.07. The van der Waals surface area contributed by atoms with E-state index in [2.05, 4.69) is 23.2 Å². The van der Waals surface area contributed by atoms with Gasteiger partial charge in [0.15, 0.2) is 0 Å². The molecule has 1 atom stereocenters. The van der Waals surface area contributed by atoms with E-state index in [1.807, 2.05) is 12.1 Å². The van der Waals surface area contributed by atoms with Crippen LogP contribution in [-0.2, 0) is 9.47 Å². The molecule has 0 amide bonds. The lowest BCUT2D eigenvalue weighted by atomic mass is 10.0. The molecule has 4 nitrogen and oxygen atoms in total. The van der Waals surface area contributed by atoms with E-state index < -0.39 is 0 Å². The van der Waals surface area contributed by atoms with Crippen LogP contribution >= 0.6 is 0 Å². The van der Waals surface area contributed by atoms with Crippen LogP contribution in [0, 0.1) is 0 Å². The summed E-state index contributed by atoms with van der Waals surface area (Å²) in [5, 5.41) is 1.13. The second-order valence-corrected chi connectivity index (χ2v) is 4.46. The molecule has 0 aliphatic rings. The van der Waals surface area contributed by atoms with Crippen molar-refractivity contribution in [1.82, 2.24) is 4.98 Å². The van der Waals surface area contributed by atoms with Gasteiger partial charge in [-0.25, -0.2) is 0 Å². The van der Waals surface area contributed by atoms with E-state index in [9.17, 15) is 0 Å². The monoisotopic (exact) mass is 260 g/mol. The number of hydrogen-bond donors (Lipinski definition) is 1. The van der Waals surface area contributed by atoms with Crippen LogP contribution in [0.2, 0.25) is 0 Å². The number of fused-ring (bicyclic) bond motifs is 1. The van der Waals surface area contributed by atoms with Gasteiger partial charge >= 0.3 is 0 Å². The average Bonchev–Trinajstić information content (AvgIpc) is 2.46. The topological polar surface area (TPSA) is 57.4 Å². The van der Waals surface area contributed by atoms with Crippen molar-refractivity contribution in [3.8, 4) is 0 Å². The molecule has 0 bridgehead atoms. The number of benzene rings is 1. The minimum Gasteiger partial charge on any atom is -0.382 e. The first-order valence-corrected chi connectivity index (χ1v) is 6.48. The summed E-state index contributed by atoms with van der Waals surface area (Å²) in [6.45, 7) is 1.88. The Morgan fingerprint density at radius 2 is 2.11 bits per heavy atom. The molecule has 2 N–H and O–H groups in total. The van der Waals surface area contributed by atoms with Gasteiger partial charge in [0, 0.05) is 31.3 Å². The average molecular weight is 260 g/mol. The van der Waals surface area contributed by atoms with Crippen LogP contribution in [0.3, 0.4) is 0 Å². The predicted octanol–water partition coefficient (Wildman–Crippen LogP) is 2.29. The molecule has 0 fully saturated rings. The number of aromatic nitrogens is 1. The first-order valence-electron chi connectivity index (χ1n) is 6.48. The van der Waals surface area contributed by atoms with Crippen LogP contribution in [0.4, 0.5) is 0 Å². The number of hydrogen-bond acceptors (Lipinski definition) is 4. The molecule has 0 saturated heterocycles. The van der Waals surface area contributed by atoms with Crippen LogP contribution in [-0.4, -0.2) is 31.9 Å². The van der Waals surface area contributed by atoms with E-state index in [0.717, 1.165) is 22.9 Å². The molecule has 2 aromatic rings. The number of ether oxygens (including phenoxy) is 2. The molecule has 4 heteroatoms. The van der Waals surface area contributed by atoms with E-state index in [1.54, 1.807) is 13.3 Å². The summed E-state index contributed by atoms with van der Waals surface area (Å²) in [5.74, 6) is 0. The standard InChI is InChI=1S/C15H20N2O2/c1-18-9-10-19-8-6-14(16)13-5-4-12-3-2-7-17-15(12)11-13/h2-5,7,11,14H,6,8-10,16H2,1H3. The van der Waals surface area contributed by atoms with Gasteiger partial charge in [0.25, 0.3) is 0 Å². The molecule has 0 spiro atoms. The molecule has 1 heterocycles. The van der Waals surface area contributed by atoms with Crippen molar-refractivity contribution in [2.45, 2.75) is 12.5 Å². The third-order valence-electron chi connectivity index (χ3n) is 3.06. The fraction of sp³-hybridized carbons (Fsp3) is 0.400. The van der Waals surface area contributed by atoms with Gasteiger partial charge in [0.2, 0.25) is 0 Å². The van der Waals surface area contributed by atoms with Crippen molar-refractivity contribution in [3.05, 3.63) is 42.1 Å². The van der Waals surface area contributed by atoms with Crippen LogP contribution in [0.5, 0.6) is 0 Å². The van der Waals surface area contributed by atoms with E-state index in [-0.39, 0.29) is 6.04 Å². The van der Waals surface area contributed by atoms with Gasteiger partial charge in [0.1, 0.15) is 0 Å². The number of methoxy groups -OCH3 is 1. The molecule has 19 heavy (non-hydrogen) atoms. The Morgan fingerprint density at radius 3 is 2.95 bits per heavy atom. The van der Waals surface area contributed by atoms with Crippen LogP contribution in [0.25, 0.3) is 10.9 Å². The van der Waals surface area contributed by atoms with Crippen molar-refractivity contribution in [3.63, 3.8) is 0 Å². The lowest BCUT2D eigenvalue weighted by molar-refractivity contribution is 0.0672. The van der Waals surface area contributed by atoms with Gasteiger partial charge in [-0.3, -0.25) is 4.98 Å². The molecule has 102 valence electrons. The van der Waals surface area contributed by atoms with E-state index >= 15 is 0 Å². The van der Waals surface area contributed by atoms with Crippen molar-refractivity contribution < 1.29 is 9.47 Å². The van der Waals surface area contributed by atoms with Crippen LogP contribution in [0.1, 0.15) is 18.0 Å². The lowest BCUT2D eigenvalue weighted by Crippen LogP contribution is -2.14. The Hall–Kier alpha value is -1.49. The molecule has 1 aromatic heterocycles. The SMILES string of the molecule is COCCOCCC(N)c1ccc2cccnc2c1. The van der Waals surface area contributed by atoms with Gasteiger partial charge in [-0.05, 0) is 24.1 Å². The van der Waals surface area contributed by atoms with Crippen LogP contribution < -0.4 is 5.73 Å². The molecule has 0 aliphatic heterocycles. The number of nitrogens with zero attached hydrogens (tertiary/aromatic N) is 1. The van der Waals surface area contributed by atoms with Gasteiger partial charge in [-0.15, -0.1) is 0 Å². The quantitative estimate of drug-likeness (QED) is 0.776. The van der Waals surface area contributed by atoms with E-state index in [4.69, 9.17) is 15.2 Å².